The lowest BCUT2D eigenvalue weighted by atomic mass is 9.98. The van der Waals surface area contributed by atoms with E-state index >= 15 is 0 Å². The molecule has 0 spiro atoms. The zero-order valence-corrected chi connectivity index (χ0v) is 18.0. The summed E-state index contributed by atoms with van der Waals surface area (Å²) < 4.78 is 5.45. The van der Waals surface area contributed by atoms with Crippen LogP contribution in [0.25, 0.3) is 0 Å². The molecule has 0 bridgehead atoms. The first-order valence-electron chi connectivity index (χ1n) is 10.5. The molecule has 1 aliphatic heterocycles. The maximum Gasteiger partial charge on any atom is 0.317 e. The van der Waals surface area contributed by atoms with E-state index in [9.17, 15) is 4.79 Å². The van der Waals surface area contributed by atoms with Crippen LogP contribution in [0.1, 0.15) is 43.0 Å². The highest BCUT2D eigenvalue weighted by Gasteiger charge is 2.24. The van der Waals surface area contributed by atoms with Crippen LogP contribution in [0.2, 0.25) is 0 Å². The Labute approximate surface area is 174 Å². The van der Waals surface area contributed by atoms with Crippen molar-refractivity contribution in [2.75, 3.05) is 27.2 Å². The van der Waals surface area contributed by atoms with Crippen LogP contribution in [-0.2, 0) is 13.0 Å². The third-order valence-electron chi connectivity index (χ3n) is 6.13. The Bertz CT molecular complexity index is 823. The van der Waals surface area contributed by atoms with Crippen LogP contribution in [0.3, 0.4) is 0 Å². The van der Waals surface area contributed by atoms with Gasteiger partial charge in [0.25, 0.3) is 0 Å². The summed E-state index contributed by atoms with van der Waals surface area (Å²) in [4.78, 5) is 17.1. The number of carbonyl (C=O) groups is 1. The standard InChI is InChI=1S/C24H33N3O2/c1-5-21(27-15-14-19-10-6-7-11-20(19)17-27)16-25-24(28)26(3)18(2)22-12-8-9-13-23(22)29-4/h6-13,18,21H,5,14-17H2,1-4H3,(H,25,28). The fraction of sp³-hybridized carbons (Fsp3) is 0.458. The molecule has 5 nitrogen and oxygen atoms in total. The lowest BCUT2D eigenvalue weighted by molar-refractivity contribution is 0.160. The number of carbonyl (C=O) groups excluding carboxylic acids is 1. The number of hydrogen-bond acceptors (Lipinski definition) is 3. The first kappa shape index (κ1) is 21.2. The monoisotopic (exact) mass is 395 g/mol. The molecule has 2 aromatic carbocycles. The quantitative estimate of drug-likeness (QED) is 0.763. The second-order valence-electron chi connectivity index (χ2n) is 7.77. The molecule has 29 heavy (non-hydrogen) atoms. The summed E-state index contributed by atoms with van der Waals surface area (Å²) in [5, 5.41) is 3.15. The average molecular weight is 396 g/mol. The molecule has 1 N–H and O–H groups in total. The van der Waals surface area contributed by atoms with Crippen molar-refractivity contribution in [2.45, 2.75) is 45.3 Å². The van der Waals surface area contributed by atoms with E-state index in [1.165, 1.54) is 11.1 Å². The molecule has 0 aliphatic carbocycles. The molecule has 0 radical (unpaired) electrons. The minimum absolute atomic E-state index is 0.0562. The molecule has 1 aliphatic rings. The van der Waals surface area contributed by atoms with E-state index in [0.29, 0.717) is 12.6 Å². The van der Waals surface area contributed by atoms with Crippen LogP contribution in [0.15, 0.2) is 48.5 Å². The van der Waals surface area contributed by atoms with E-state index in [1.54, 1.807) is 12.0 Å². The van der Waals surface area contributed by atoms with Gasteiger partial charge in [-0.05, 0) is 37.0 Å². The maximum absolute atomic E-state index is 12.8. The third-order valence-corrected chi connectivity index (χ3v) is 6.13. The summed E-state index contributed by atoms with van der Waals surface area (Å²) in [6.07, 6.45) is 2.08. The number of urea groups is 1. The van der Waals surface area contributed by atoms with Gasteiger partial charge in [-0.25, -0.2) is 4.79 Å². The predicted molar refractivity (Wildman–Crippen MR) is 117 cm³/mol. The number of fused-ring (bicyclic) bond motifs is 1. The van der Waals surface area contributed by atoms with Crippen LogP contribution in [0.4, 0.5) is 4.79 Å². The number of para-hydroxylation sites is 1. The molecule has 0 saturated carbocycles. The highest BCUT2D eigenvalue weighted by Crippen LogP contribution is 2.28. The summed E-state index contributed by atoms with van der Waals surface area (Å²) in [6, 6.07) is 16.7. The van der Waals surface area contributed by atoms with Gasteiger partial charge in [-0.3, -0.25) is 4.90 Å². The zero-order chi connectivity index (χ0) is 20.8. The molecule has 0 aromatic heterocycles. The van der Waals surface area contributed by atoms with Gasteiger partial charge in [0, 0.05) is 38.3 Å². The molecule has 3 rings (SSSR count). The number of benzene rings is 2. The van der Waals surface area contributed by atoms with E-state index in [1.807, 2.05) is 38.2 Å². The lowest BCUT2D eigenvalue weighted by Crippen LogP contribution is -2.48. The lowest BCUT2D eigenvalue weighted by Gasteiger charge is -2.36. The smallest absolute Gasteiger partial charge is 0.317 e. The van der Waals surface area contributed by atoms with Crippen LogP contribution in [-0.4, -0.2) is 49.1 Å². The Morgan fingerprint density at radius 3 is 2.59 bits per heavy atom. The van der Waals surface area contributed by atoms with Gasteiger partial charge in [0.1, 0.15) is 5.75 Å². The fourth-order valence-corrected chi connectivity index (χ4v) is 4.09. The second kappa shape index (κ2) is 9.79. The number of nitrogens with one attached hydrogen (secondary N) is 1. The van der Waals surface area contributed by atoms with Crippen LogP contribution in [0.5, 0.6) is 5.75 Å². The van der Waals surface area contributed by atoms with Crippen molar-refractivity contribution < 1.29 is 9.53 Å². The number of methoxy groups -OCH3 is 1. The molecule has 1 heterocycles. The molecule has 5 heteroatoms. The van der Waals surface area contributed by atoms with Gasteiger partial charge < -0.3 is 15.0 Å². The third kappa shape index (κ3) is 4.91. The second-order valence-corrected chi connectivity index (χ2v) is 7.77. The van der Waals surface area contributed by atoms with E-state index in [0.717, 1.165) is 37.2 Å². The highest BCUT2D eigenvalue weighted by atomic mass is 16.5. The molecule has 2 atom stereocenters. The number of hydrogen-bond donors (Lipinski definition) is 1. The molecule has 0 fully saturated rings. The summed E-state index contributed by atoms with van der Waals surface area (Å²) in [5.41, 5.74) is 3.87. The zero-order valence-electron chi connectivity index (χ0n) is 18.0. The Morgan fingerprint density at radius 1 is 1.17 bits per heavy atom. The summed E-state index contributed by atoms with van der Waals surface area (Å²) in [5.74, 6) is 0.804. The summed E-state index contributed by atoms with van der Waals surface area (Å²) in [7, 11) is 3.50. The van der Waals surface area contributed by atoms with Crippen LogP contribution in [0, 0.1) is 0 Å². The summed E-state index contributed by atoms with van der Waals surface area (Å²) in [6.45, 7) is 6.87. The Hall–Kier alpha value is -2.53. The Balaban J connectivity index is 1.58. The van der Waals surface area contributed by atoms with Crippen molar-refractivity contribution in [3.8, 4) is 5.75 Å². The van der Waals surface area contributed by atoms with Crippen LogP contribution >= 0.6 is 0 Å². The predicted octanol–water partition coefficient (Wildman–Crippen LogP) is 4.23. The first-order chi connectivity index (χ1) is 14.0. The highest BCUT2D eigenvalue weighted by molar-refractivity contribution is 5.74. The maximum atomic E-state index is 12.8. The van der Waals surface area contributed by atoms with Gasteiger partial charge in [0.15, 0.2) is 0 Å². The number of amides is 2. The number of ether oxygens (including phenoxy) is 1. The van der Waals surface area contributed by atoms with E-state index in [2.05, 4.69) is 41.4 Å². The van der Waals surface area contributed by atoms with Gasteiger partial charge in [-0.2, -0.15) is 0 Å². The van der Waals surface area contributed by atoms with Gasteiger partial charge in [0.2, 0.25) is 0 Å². The van der Waals surface area contributed by atoms with Gasteiger partial charge in [-0.1, -0.05) is 49.4 Å². The molecular formula is C24H33N3O2. The Kier molecular flexibility index (Phi) is 7.15. The van der Waals surface area contributed by atoms with Crippen molar-refractivity contribution in [3.05, 3.63) is 65.2 Å². The number of rotatable bonds is 7. The van der Waals surface area contributed by atoms with Gasteiger partial charge >= 0.3 is 6.03 Å². The SMILES string of the molecule is CCC(CNC(=O)N(C)C(C)c1ccccc1OC)N1CCc2ccccc2C1. The largest absolute Gasteiger partial charge is 0.496 e. The molecular weight excluding hydrogens is 362 g/mol. The van der Waals surface area contributed by atoms with Crippen molar-refractivity contribution in [1.29, 1.82) is 0 Å². The van der Waals surface area contributed by atoms with Crippen molar-refractivity contribution in [1.82, 2.24) is 15.1 Å². The Morgan fingerprint density at radius 2 is 1.86 bits per heavy atom. The van der Waals surface area contributed by atoms with Crippen molar-refractivity contribution >= 4 is 6.03 Å². The van der Waals surface area contributed by atoms with Crippen molar-refractivity contribution in [2.24, 2.45) is 0 Å². The molecule has 2 amide bonds. The van der Waals surface area contributed by atoms with Gasteiger partial charge in [0.05, 0.1) is 13.2 Å². The molecule has 2 unspecified atom stereocenters. The molecule has 156 valence electrons. The minimum atomic E-state index is -0.0758. The minimum Gasteiger partial charge on any atom is -0.496 e. The normalized spacial score (nSPS) is 15.9. The molecule has 2 aromatic rings. The topological polar surface area (TPSA) is 44.8 Å². The van der Waals surface area contributed by atoms with Crippen molar-refractivity contribution in [3.63, 3.8) is 0 Å². The first-order valence-corrected chi connectivity index (χ1v) is 10.5. The average Bonchev–Trinajstić information content (AvgIpc) is 2.78. The van der Waals surface area contributed by atoms with E-state index in [4.69, 9.17) is 4.74 Å². The summed E-state index contributed by atoms with van der Waals surface area (Å²) >= 11 is 0. The van der Waals surface area contributed by atoms with Gasteiger partial charge in [-0.15, -0.1) is 0 Å². The van der Waals surface area contributed by atoms with E-state index < -0.39 is 0 Å². The molecule has 0 saturated heterocycles. The number of nitrogens with zero attached hydrogens (tertiary/aromatic N) is 2. The van der Waals surface area contributed by atoms with Crippen LogP contribution < -0.4 is 10.1 Å². The van der Waals surface area contributed by atoms with E-state index in [-0.39, 0.29) is 12.1 Å². The fourth-order valence-electron chi connectivity index (χ4n) is 4.09.